The summed E-state index contributed by atoms with van der Waals surface area (Å²) in [4.78, 5) is 22.9. The van der Waals surface area contributed by atoms with Gasteiger partial charge in [-0.2, -0.15) is 0 Å². The summed E-state index contributed by atoms with van der Waals surface area (Å²) in [5, 5.41) is 5.80. The zero-order chi connectivity index (χ0) is 13.5. The van der Waals surface area contributed by atoms with Crippen LogP contribution >= 0.6 is 27.5 Å². The number of carbonyl (C=O) groups is 2. The first-order valence-electron chi connectivity index (χ1n) is 5.54. The Bertz CT molecular complexity index is 452. The summed E-state index contributed by atoms with van der Waals surface area (Å²) in [5.74, 6) is -0.319. The Morgan fingerprint density at radius 2 is 2.06 bits per heavy atom. The van der Waals surface area contributed by atoms with Crippen LogP contribution in [0.4, 0.5) is 0 Å². The van der Waals surface area contributed by atoms with Crippen molar-refractivity contribution >= 4 is 39.3 Å². The van der Waals surface area contributed by atoms with Gasteiger partial charge in [-0.3, -0.25) is 9.59 Å². The van der Waals surface area contributed by atoms with Crippen molar-refractivity contribution in [3.8, 4) is 0 Å². The Morgan fingerprint density at radius 1 is 1.33 bits per heavy atom. The SMILES string of the molecule is CCNC(=O)CCNC(=O)c1ccc(Br)c(Cl)c1. The van der Waals surface area contributed by atoms with Crippen LogP contribution < -0.4 is 10.6 Å². The molecule has 0 saturated heterocycles. The largest absolute Gasteiger partial charge is 0.356 e. The van der Waals surface area contributed by atoms with Crippen molar-refractivity contribution in [3.05, 3.63) is 33.3 Å². The lowest BCUT2D eigenvalue weighted by Gasteiger charge is -2.06. The second kappa shape index (κ2) is 7.38. The lowest BCUT2D eigenvalue weighted by atomic mass is 10.2. The smallest absolute Gasteiger partial charge is 0.251 e. The maximum Gasteiger partial charge on any atom is 0.251 e. The summed E-state index contributed by atoms with van der Waals surface area (Å²) in [5.41, 5.74) is 0.471. The minimum Gasteiger partial charge on any atom is -0.356 e. The van der Waals surface area contributed by atoms with Crippen molar-refractivity contribution in [2.45, 2.75) is 13.3 Å². The quantitative estimate of drug-likeness (QED) is 0.869. The van der Waals surface area contributed by atoms with E-state index in [2.05, 4.69) is 26.6 Å². The first-order valence-corrected chi connectivity index (χ1v) is 6.71. The van der Waals surface area contributed by atoms with Gasteiger partial charge in [-0.15, -0.1) is 0 Å². The van der Waals surface area contributed by atoms with Gasteiger partial charge >= 0.3 is 0 Å². The number of benzene rings is 1. The number of halogens is 2. The molecular formula is C12H14BrClN2O2. The number of carbonyl (C=O) groups excluding carboxylic acids is 2. The van der Waals surface area contributed by atoms with Crippen LogP contribution in [0.5, 0.6) is 0 Å². The van der Waals surface area contributed by atoms with Crippen LogP contribution in [-0.4, -0.2) is 24.9 Å². The number of hydrogen-bond donors (Lipinski definition) is 2. The van der Waals surface area contributed by atoms with E-state index in [9.17, 15) is 9.59 Å². The summed E-state index contributed by atoms with van der Waals surface area (Å²) in [7, 11) is 0. The van der Waals surface area contributed by atoms with Crippen LogP contribution in [0.1, 0.15) is 23.7 Å². The average molecular weight is 334 g/mol. The summed E-state index contributed by atoms with van der Waals surface area (Å²) in [6, 6.07) is 4.95. The van der Waals surface area contributed by atoms with Gasteiger partial charge in [0.25, 0.3) is 5.91 Å². The van der Waals surface area contributed by atoms with Gasteiger partial charge < -0.3 is 10.6 Å². The minimum absolute atomic E-state index is 0.0772. The molecule has 98 valence electrons. The number of rotatable bonds is 5. The Kier molecular flexibility index (Phi) is 6.15. The molecule has 1 aromatic rings. The van der Waals surface area contributed by atoms with Crippen molar-refractivity contribution in [1.29, 1.82) is 0 Å². The molecule has 0 aliphatic rings. The molecule has 0 unspecified atom stereocenters. The van der Waals surface area contributed by atoms with E-state index in [1.807, 2.05) is 6.92 Å². The maximum absolute atomic E-state index is 11.7. The van der Waals surface area contributed by atoms with Crippen molar-refractivity contribution in [2.24, 2.45) is 0 Å². The normalized spacial score (nSPS) is 9.94. The predicted octanol–water partition coefficient (Wildman–Crippen LogP) is 2.36. The molecule has 0 bridgehead atoms. The van der Waals surface area contributed by atoms with E-state index in [4.69, 9.17) is 11.6 Å². The summed E-state index contributed by atoms with van der Waals surface area (Å²) in [6.45, 7) is 2.74. The molecule has 0 fully saturated rings. The molecule has 2 amide bonds. The van der Waals surface area contributed by atoms with E-state index >= 15 is 0 Å². The van der Waals surface area contributed by atoms with Crippen molar-refractivity contribution < 1.29 is 9.59 Å². The fourth-order valence-electron chi connectivity index (χ4n) is 1.31. The zero-order valence-corrected chi connectivity index (χ0v) is 12.3. The van der Waals surface area contributed by atoms with Crippen LogP contribution in [0.25, 0.3) is 0 Å². The molecule has 0 radical (unpaired) electrons. The Morgan fingerprint density at radius 3 is 2.67 bits per heavy atom. The lowest BCUT2D eigenvalue weighted by Crippen LogP contribution is -2.30. The molecule has 0 aliphatic carbocycles. The lowest BCUT2D eigenvalue weighted by molar-refractivity contribution is -0.120. The molecule has 1 rings (SSSR count). The Labute approximate surface area is 119 Å². The highest BCUT2D eigenvalue weighted by Crippen LogP contribution is 2.22. The Balaban J connectivity index is 2.45. The van der Waals surface area contributed by atoms with E-state index in [1.54, 1.807) is 18.2 Å². The first kappa shape index (κ1) is 15.0. The predicted molar refractivity (Wildman–Crippen MR) is 74.8 cm³/mol. The third-order valence-electron chi connectivity index (χ3n) is 2.19. The highest BCUT2D eigenvalue weighted by Gasteiger charge is 2.08. The molecule has 0 aliphatic heterocycles. The van der Waals surface area contributed by atoms with E-state index in [0.29, 0.717) is 23.7 Å². The van der Waals surface area contributed by atoms with Crippen LogP contribution in [-0.2, 0) is 4.79 Å². The topological polar surface area (TPSA) is 58.2 Å². The molecule has 4 nitrogen and oxygen atoms in total. The molecule has 0 atom stereocenters. The molecule has 0 spiro atoms. The Hall–Kier alpha value is -1.07. The average Bonchev–Trinajstić information content (AvgIpc) is 2.33. The molecule has 0 heterocycles. The second-order valence-corrected chi connectivity index (χ2v) is 4.85. The fraction of sp³-hybridized carbons (Fsp3) is 0.333. The standard InChI is InChI=1S/C12H14BrClN2O2/c1-2-15-11(17)5-6-16-12(18)8-3-4-9(13)10(14)7-8/h3-4,7H,2,5-6H2,1H3,(H,15,17)(H,16,18). The number of amides is 2. The summed E-state index contributed by atoms with van der Waals surface area (Å²) < 4.78 is 0.739. The molecule has 0 aromatic heterocycles. The molecule has 1 aromatic carbocycles. The summed E-state index contributed by atoms with van der Waals surface area (Å²) in [6.07, 6.45) is 0.268. The van der Waals surface area contributed by atoms with Crippen LogP contribution in [0.3, 0.4) is 0 Å². The first-order chi connectivity index (χ1) is 8.54. The summed E-state index contributed by atoms with van der Waals surface area (Å²) >= 11 is 9.14. The third-order valence-corrected chi connectivity index (χ3v) is 3.43. The van der Waals surface area contributed by atoms with Crippen molar-refractivity contribution in [1.82, 2.24) is 10.6 Å². The minimum atomic E-state index is -0.242. The van der Waals surface area contributed by atoms with E-state index in [0.717, 1.165) is 4.47 Å². The van der Waals surface area contributed by atoms with Gasteiger partial charge in [-0.05, 0) is 41.1 Å². The van der Waals surface area contributed by atoms with Gasteiger partial charge in [0.1, 0.15) is 0 Å². The van der Waals surface area contributed by atoms with Gasteiger partial charge in [0.15, 0.2) is 0 Å². The van der Waals surface area contributed by atoms with E-state index in [-0.39, 0.29) is 18.2 Å². The highest BCUT2D eigenvalue weighted by molar-refractivity contribution is 9.10. The van der Waals surface area contributed by atoms with Crippen molar-refractivity contribution in [3.63, 3.8) is 0 Å². The van der Waals surface area contributed by atoms with Crippen LogP contribution in [0, 0.1) is 0 Å². The van der Waals surface area contributed by atoms with Crippen molar-refractivity contribution in [2.75, 3.05) is 13.1 Å². The van der Waals surface area contributed by atoms with E-state index < -0.39 is 0 Å². The van der Waals surface area contributed by atoms with Gasteiger partial charge in [0, 0.05) is 29.5 Å². The van der Waals surface area contributed by atoms with Crippen LogP contribution in [0.2, 0.25) is 5.02 Å². The molecule has 0 saturated carbocycles. The zero-order valence-electron chi connectivity index (χ0n) is 9.93. The van der Waals surface area contributed by atoms with E-state index in [1.165, 1.54) is 0 Å². The monoisotopic (exact) mass is 332 g/mol. The number of hydrogen-bond acceptors (Lipinski definition) is 2. The third kappa shape index (κ3) is 4.66. The maximum atomic E-state index is 11.7. The van der Waals surface area contributed by atoms with Gasteiger partial charge in [-0.25, -0.2) is 0 Å². The fourth-order valence-corrected chi connectivity index (χ4v) is 1.74. The molecular weight excluding hydrogens is 320 g/mol. The molecule has 2 N–H and O–H groups in total. The van der Waals surface area contributed by atoms with Gasteiger partial charge in [-0.1, -0.05) is 11.6 Å². The second-order valence-electron chi connectivity index (χ2n) is 3.59. The van der Waals surface area contributed by atoms with Gasteiger partial charge in [0.2, 0.25) is 5.91 Å². The molecule has 6 heteroatoms. The molecule has 18 heavy (non-hydrogen) atoms. The van der Waals surface area contributed by atoms with Gasteiger partial charge in [0.05, 0.1) is 5.02 Å². The number of nitrogens with one attached hydrogen (secondary N) is 2. The van der Waals surface area contributed by atoms with Crippen LogP contribution in [0.15, 0.2) is 22.7 Å². The highest BCUT2D eigenvalue weighted by atomic mass is 79.9.